The average molecular weight is 159 g/mol. The fourth-order valence-electron chi connectivity index (χ4n) is 1.10. The van der Waals surface area contributed by atoms with Crippen LogP contribution in [0.4, 0.5) is 0 Å². The number of hydrogen-bond donors (Lipinski definition) is 0. The lowest BCUT2D eigenvalue weighted by atomic mass is 10.0. The highest BCUT2D eigenvalue weighted by molar-refractivity contribution is 5.56. The van der Waals surface area contributed by atoms with Crippen molar-refractivity contribution in [2.75, 3.05) is 0 Å². The Morgan fingerprint density at radius 3 is 2.58 bits per heavy atom. The quantitative estimate of drug-likeness (QED) is 0.627. The number of carbonyl (C=O) groups excluding carboxylic acids is 1. The smallest absolute Gasteiger partial charge is 0.124 e. The van der Waals surface area contributed by atoms with Crippen molar-refractivity contribution in [3.8, 4) is 6.07 Å². The summed E-state index contributed by atoms with van der Waals surface area (Å²) in [5, 5.41) is 8.47. The monoisotopic (exact) mass is 159 g/mol. The molecular formula is C10H9NO. The molecule has 0 fully saturated rings. The van der Waals surface area contributed by atoms with Gasteiger partial charge in [0, 0.05) is 6.42 Å². The lowest BCUT2D eigenvalue weighted by Gasteiger charge is -2.00. The topological polar surface area (TPSA) is 40.9 Å². The molecule has 2 nitrogen and oxygen atoms in total. The third-order valence-electron chi connectivity index (χ3n) is 1.69. The van der Waals surface area contributed by atoms with Crippen molar-refractivity contribution < 1.29 is 4.79 Å². The number of nitriles is 1. The Balaban J connectivity index is 2.93. The van der Waals surface area contributed by atoms with E-state index in [1.807, 2.05) is 24.3 Å². The summed E-state index contributed by atoms with van der Waals surface area (Å²) >= 11 is 0. The zero-order valence-electron chi connectivity index (χ0n) is 6.66. The van der Waals surface area contributed by atoms with Crippen LogP contribution in [0.2, 0.25) is 0 Å². The van der Waals surface area contributed by atoms with Crippen molar-refractivity contribution in [3.63, 3.8) is 0 Å². The summed E-state index contributed by atoms with van der Waals surface area (Å²) < 4.78 is 0. The van der Waals surface area contributed by atoms with Gasteiger partial charge in [-0.25, -0.2) is 0 Å². The number of benzene rings is 1. The summed E-state index contributed by atoms with van der Waals surface area (Å²) in [4.78, 5) is 10.2. The van der Waals surface area contributed by atoms with Gasteiger partial charge in [0.05, 0.1) is 12.5 Å². The molecule has 0 aliphatic carbocycles. The van der Waals surface area contributed by atoms with Gasteiger partial charge in [-0.3, -0.25) is 0 Å². The third kappa shape index (κ3) is 1.93. The maximum absolute atomic E-state index is 10.2. The first-order valence-electron chi connectivity index (χ1n) is 3.76. The van der Waals surface area contributed by atoms with Gasteiger partial charge in [-0.05, 0) is 11.1 Å². The molecule has 0 atom stereocenters. The van der Waals surface area contributed by atoms with Crippen molar-refractivity contribution in [2.45, 2.75) is 12.8 Å². The summed E-state index contributed by atoms with van der Waals surface area (Å²) in [5.74, 6) is 0. The predicted molar refractivity (Wildman–Crippen MR) is 45.5 cm³/mol. The van der Waals surface area contributed by atoms with Crippen LogP contribution < -0.4 is 0 Å². The number of carbonyl (C=O) groups is 1. The fraction of sp³-hybridized carbons (Fsp3) is 0.200. The van der Waals surface area contributed by atoms with Gasteiger partial charge in [0.2, 0.25) is 0 Å². The average Bonchev–Trinajstić information content (AvgIpc) is 2.09. The van der Waals surface area contributed by atoms with E-state index >= 15 is 0 Å². The Hall–Kier alpha value is -1.62. The van der Waals surface area contributed by atoms with Crippen LogP contribution in [0.5, 0.6) is 0 Å². The molecule has 1 rings (SSSR count). The molecule has 0 heterocycles. The molecule has 12 heavy (non-hydrogen) atoms. The molecule has 0 aliphatic heterocycles. The molecule has 0 unspecified atom stereocenters. The minimum absolute atomic E-state index is 0.379. The summed E-state index contributed by atoms with van der Waals surface area (Å²) in [7, 11) is 0. The maximum atomic E-state index is 10.2. The van der Waals surface area contributed by atoms with Gasteiger partial charge < -0.3 is 4.79 Å². The Morgan fingerprint density at radius 2 is 2.00 bits per heavy atom. The second kappa shape index (κ2) is 4.30. The standard InChI is InChI=1S/C10H9NO/c11-7-5-9-3-1-2-4-10(9)6-8-12/h1-4,8H,5-6H2. The minimum Gasteiger partial charge on any atom is -0.303 e. The highest BCUT2D eigenvalue weighted by Crippen LogP contribution is 2.08. The largest absolute Gasteiger partial charge is 0.303 e. The van der Waals surface area contributed by atoms with Crippen LogP contribution in [0.15, 0.2) is 24.3 Å². The van der Waals surface area contributed by atoms with Crippen LogP contribution in [-0.4, -0.2) is 6.29 Å². The van der Waals surface area contributed by atoms with Gasteiger partial charge >= 0.3 is 0 Å². The normalized spacial score (nSPS) is 8.92. The number of rotatable bonds is 3. The predicted octanol–water partition coefficient (Wildman–Crippen LogP) is 1.49. The zero-order chi connectivity index (χ0) is 8.81. The summed E-state index contributed by atoms with van der Waals surface area (Å²) in [6.45, 7) is 0. The van der Waals surface area contributed by atoms with E-state index in [1.54, 1.807) is 0 Å². The van der Waals surface area contributed by atoms with Gasteiger partial charge in [-0.2, -0.15) is 5.26 Å². The molecule has 0 radical (unpaired) electrons. The number of nitrogens with zero attached hydrogens (tertiary/aromatic N) is 1. The molecule has 60 valence electrons. The lowest BCUT2D eigenvalue weighted by Crippen LogP contribution is -1.93. The van der Waals surface area contributed by atoms with Gasteiger partial charge in [0.15, 0.2) is 0 Å². The second-order valence-corrected chi connectivity index (χ2v) is 2.47. The molecule has 0 spiro atoms. The Kier molecular flexibility index (Phi) is 3.04. The van der Waals surface area contributed by atoms with Crippen LogP contribution in [0.3, 0.4) is 0 Å². The van der Waals surface area contributed by atoms with Crippen LogP contribution in [0.1, 0.15) is 11.1 Å². The third-order valence-corrected chi connectivity index (χ3v) is 1.69. The summed E-state index contributed by atoms with van der Waals surface area (Å²) in [6, 6.07) is 9.57. The highest BCUT2D eigenvalue weighted by Gasteiger charge is 1.98. The first-order chi connectivity index (χ1) is 5.88. The fourth-order valence-corrected chi connectivity index (χ4v) is 1.10. The van der Waals surface area contributed by atoms with Gasteiger partial charge in [0.25, 0.3) is 0 Å². The van der Waals surface area contributed by atoms with E-state index in [4.69, 9.17) is 5.26 Å². The maximum Gasteiger partial charge on any atom is 0.124 e. The Labute approximate surface area is 71.4 Å². The molecule has 1 aromatic rings. The summed E-state index contributed by atoms with van der Waals surface area (Å²) in [6.07, 6.45) is 1.64. The van der Waals surface area contributed by atoms with E-state index in [-0.39, 0.29) is 0 Å². The van der Waals surface area contributed by atoms with Gasteiger partial charge in [-0.15, -0.1) is 0 Å². The number of hydrogen-bond acceptors (Lipinski definition) is 2. The highest BCUT2D eigenvalue weighted by atomic mass is 16.1. The SMILES string of the molecule is N#CCc1ccccc1CC=O. The first kappa shape index (κ1) is 8.48. The van der Waals surface area contributed by atoms with Crippen LogP contribution >= 0.6 is 0 Å². The van der Waals surface area contributed by atoms with E-state index in [1.165, 1.54) is 0 Å². The van der Waals surface area contributed by atoms with Crippen LogP contribution in [-0.2, 0) is 17.6 Å². The van der Waals surface area contributed by atoms with Crippen molar-refractivity contribution in [1.29, 1.82) is 5.26 Å². The van der Waals surface area contributed by atoms with Crippen molar-refractivity contribution in [1.82, 2.24) is 0 Å². The van der Waals surface area contributed by atoms with E-state index < -0.39 is 0 Å². The molecule has 0 amide bonds. The molecule has 0 aliphatic rings. The van der Waals surface area contributed by atoms with E-state index in [0.29, 0.717) is 12.8 Å². The van der Waals surface area contributed by atoms with Gasteiger partial charge in [-0.1, -0.05) is 24.3 Å². The molecular weight excluding hydrogens is 150 g/mol. The molecule has 0 aromatic heterocycles. The van der Waals surface area contributed by atoms with Crippen molar-refractivity contribution in [3.05, 3.63) is 35.4 Å². The Morgan fingerprint density at radius 1 is 1.33 bits per heavy atom. The molecule has 2 heteroatoms. The van der Waals surface area contributed by atoms with Crippen molar-refractivity contribution in [2.24, 2.45) is 0 Å². The van der Waals surface area contributed by atoms with Crippen LogP contribution in [0, 0.1) is 11.3 Å². The molecule has 0 saturated carbocycles. The molecule has 0 saturated heterocycles. The lowest BCUT2D eigenvalue weighted by molar-refractivity contribution is -0.107. The van der Waals surface area contributed by atoms with E-state index in [0.717, 1.165) is 17.4 Å². The van der Waals surface area contributed by atoms with E-state index in [9.17, 15) is 4.79 Å². The zero-order valence-corrected chi connectivity index (χ0v) is 6.66. The van der Waals surface area contributed by atoms with Crippen LogP contribution in [0.25, 0.3) is 0 Å². The molecule has 1 aromatic carbocycles. The van der Waals surface area contributed by atoms with E-state index in [2.05, 4.69) is 6.07 Å². The first-order valence-corrected chi connectivity index (χ1v) is 3.76. The Bertz CT molecular complexity index is 312. The van der Waals surface area contributed by atoms with Gasteiger partial charge in [0.1, 0.15) is 6.29 Å². The second-order valence-electron chi connectivity index (χ2n) is 2.47. The molecule has 0 bridgehead atoms. The van der Waals surface area contributed by atoms with Crippen molar-refractivity contribution >= 4 is 6.29 Å². The minimum atomic E-state index is 0.379. The summed E-state index contributed by atoms with van der Waals surface area (Å²) in [5.41, 5.74) is 1.90. The molecule has 0 N–H and O–H groups in total. The number of aldehydes is 1.